The van der Waals surface area contributed by atoms with Gasteiger partial charge in [-0.2, -0.15) is 10.2 Å². The Morgan fingerprint density at radius 3 is 1.93 bits per heavy atom. The number of hydrogen-bond acceptors (Lipinski definition) is 7. The standard InChI is InChI=1S/C20H19FN2O5/c1-13(19(25)27-14(2)24)20(26)28-18-9-5-16(6-10-18)12-23-22-11-15-3-7-17(21)8-4-15/h3-14,24H,1-2H3/b22-11+,23-12+. The minimum absolute atomic E-state index is 0.244. The first-order chi connectivity index (χ1) is 13.3. The van der Waals surface area contributed by atoms with Crippen LogP contribution in [-0.4, -0.2) is 35.8 Å². The monoisotopic (exact) mass is 386 g/mol. The summed E-state index contributed by atoms with van der Waals surface area (Å²) in [6.45, 7) is 2.59. The van der Waals surface area contributed by atoms with E-state index in [0.717, 1.165) is 0 Å². The van der Waals surface area contributed by atoms with Gasteiger partial charge >= 0.3 is 11.9 Å². The SMILES string of the molecule is CC(O)OC(=O)C(C)C(=O)Oc1ccc(/C=N/N=C/c2ccc(F)cc2)cc1. The van der Waals surface area contributed by atoms with Gasteiger partial charge in [0.05, 0.1) is 12.4 Å². The normalized spacial score (nSPS) is 13.4. The van der Waals surface area contributed by atoms with Crippen molar-refractivity contribution in [2.24, 2.45) is 16.1 Å². The summed E-state index contributed by atoms with van der Waals surface area (Å²) < 4.78 is 22.5. The molecule has 0 aliphatic carbocycles. The molecule has 7 nitrogen and oxygen atoms in total. The van der Waals surface area contributed by atoms with Gasteiger partial charge in [-0.25, -0.2) is 4.39 Å². The Hall–Kier alpha value is -3.39. The second-order valence-electron chi connectivity index (χ2n) is 5.79. The molecular weight excluding hydrogens is 367 g/mol. The van der Waals surface area contributed by atoms with Crippen LogP contribution in [-0.2, 0) is 14.3 Å². The molecule has 146 valence electrons. The van der Waals surface area contributed by atoms with Crippen molar-refractivity contribution < 1.29 is 28.6 Å². The Kier molecular flexibility index (Phi) is 7.53. The van der Waals surface area contributed by atoms with Crippen LogP contribution in [0.25, 0.3) is 0 Å². The van der Waals surface area contributed by atoms with Gasteiger partial charge in [0.1, 0.15) is 11.6 Å². The van der Waals surface area contributed by atoms with E-state index >= 15 is 0 Å². The second-order valence-corrected chi connectivity index (χ2v) is 5.79. The molecule has 0 saturated heterocycles. The third-order valence-electron chi connectivity index (χ3n) is 3.44. The summed E-state index contributed by atoms with van der Waals surface area (Å²) >= 11 is 0. The molecule has 0 radical (unpaired) electrons. The molecule has 0 bridgehead atoms. The number of ether oxygens (including phenoxy) is 2. The number of benzene rings is 2. The highest BCUT2D eigenvalue weighted by Crippen LogP contribution is 2.14. The predicted octanol–water partition coefficient (Wildman–Crippen LogP) is 2.70. The van der Waals surface area contributed by atoms with Crippen molar-refractivity contribution in [2.75, 3.05) is 0 Å². The van der Waals surface area contributed by atoms with Gasteiger partial charge in [-0.05, 0) is 61.4 Å². The quantitative estimate of drug-likeness (QED) is 0.197. The number of aliphatic hydroxyl groups is 1. The third-order valence-corrected chi connectivity index (χ3v) is 3.44. The van der Waals surface area contributed by atoms with E-state index < -0.39 is 24.1 Å². The lowest BCUT2D eigenvalue weighted by atomic mass is 10.2. The number of carbonyl (C=O) groups is 2. The zero-order valence-corrected chi connectivity index (χ0v) is 15.3. The van der Waals surface area contributed by atoms with E-state index in [0.29, 0.717) is 11.1 Å². The number of carbonyl (C=O) groups excluding carboxylic acids is 2. The van der Waals surface area contributed by atoms with Crippen LogP contribution in [0.5, 0.6) is 5.75 Å². The third kappa shape index (κ3) is 6.73. The van der Waals surface area contributed by atoms with Crippen LogP contribution in [0.2, 0.25) is 0 Å². The first kappa shape index (κ1) is 20.9. The topological polar surface area (TPSA) is 97.5 Å². The molecular formula is C20H19FN2O5. The number of esters is 2. The van der Waals surface area contributed by atoms with Crippen molar-refractivity contribution >= 4 is 24.4 Å². The Morgan fingerprint density at radius 2 is 1.43 bits per heavy atom. The van der Waals surface area contributed by atoms with Crippen molar-refractivity contribution in [2.45, 2.75) is 20.1 Å². The summed E-state index contributed by atoms with van der Waals surface area (Å²) in [7, 11) is 0. The Bertz CT molecular complexity index is 861. The Balaban J connectivity index is 1.89. The van der Waals surface area contributed by atoms with Gasteiger partial charge in [0, 0.05) is 0 Å². The van der Waals surface area contributed by atoms with E-state index in [-0.39, 0.29) is 11.6 Å². The predicted molar refractivity (Wildman–Crippen MR) is 101 cm³/mol. The van der Waals surface area contributed by atoms with Crippen LogP contribution in [0, 0.1) is 11.7 Å². The van der Waals surface area contributed by atoms with Crippen LogP contribution in [0.15, 0.2) is 58.7 Å². The summed E-state index contributed by atoms with van der Waals surface area (Å²) in [6.07, 6.45) is 1.68. The van der Waals surface area contributed by atoms with Crippen LogP contribution < -0.4 is 4.74 Å². The molecule has 28 heavy (non-hydrogen) atoms. The highest BCUT2D eigenvalue weighted by atomic mass is 19.1. The maximum Gasteiger partial charge on any atom is 0.325 e. The average Bonchev–Trinajstić information content (AvgIpc) is 2.66. The lowest BCUT2D eigenvalue weighted by Crippen LogP contribution is -2.29. The van der Waals surface area contributed by atoms with E-state index in [4.69, 9.17) is 9.84 Å². The molecule has 0 aromatic heterocycles. The van der Waals surface area contributed by atoms with Crippen LogP contribution in [0.3, 0.4) is 0 Å². The second kappa shape index (κ2) is 10.1. The molecule has 0 heterocycles. The fourth-order valence-electron chi connectivity index (χ4n) is 1.94. The molecule has 0 aliphatic rings. The number of nitrogens with zero attached hydrogens (tertiary/aromatic N) is 2. The maximum absolute atomic E-state index is 12.8. The summed E-state index contributed by atoms with van der Waals surface area (Å²) in [5.41, 5.74) is 1.42. The van der Waals surface area contributed by atoms with Gasteiger partial charge in [-0.1, -0.05) is 12.1 Å². The van der Waals surface area contributed by atoms with Gasteiger partial charge in [0.15, 0.2) is 12.2 Å². The number of halogens is 1. The van der Waals surface area contributed by atoms with Gasteiger partial charge in [-0.15, -0.1) is 0 Å². The Morgan fingerprint density at radius 1 is 0.929 bits per heavy atom. The minimum Gasteiger partial charge on any atom is -0.436 e. The zero-order chi connectivity index (χ0) is 20.5. The van der Waals surface area contributed by atoms with Gasteiger partial charge < -0.3 is 14.6 Å². The van der Waals surface area contributed by atoms with Gasteiger partial charge in [0.2, 0.25) is 0 Å². The van der Waals surface area contributed by atoms with Crippen molar-refractivity contribution in [1.29, 1.82) is 0 Å². The highest BCUT2D eigenvalue weighted by molar-refractivity contribution is 5.95. The largest absolute Gasteiger partial charge is 0.436 e. The van der Waals surface area contributed by atoms with Gasteiger partial charge in [-0.3, -0.25) is 9.59 Å². The molecule has 0 spiro atoms. The first-order valence-electron chi connectivity index (χ1n) is 8.37. The summed E-state index contributed by atoms with van der Waals surface area (Å²) in [5, 5.41) is 16.8. The summed E-state index contributed by atoms with van der Waals surface area (Å²) in [5.74, 6) is -2.92. The highest BCUT2D eigenvalue weighted by Gasteiger charge is 2.26. The lowest BCUT2D eigenvalue weighted by Gasteiger charge is -2.12. The molecule has 2 rings (SSSR count). The molecule has 0 saturated carbocycles. The maximum atomic E-state index is 12.8. The van der Waals surface area contributed by atoms with Crippen molar-refractivity contribution in [3.8, 4) is 5.75 Å². The van der Waals surface area contributed by atoms with Crippen molar-refractivity contribution in [1.82, 2.24) is 0 Å². The van der Waals surface area contributed by atoms with E-state index in [1.165, 1.54) is 50.5 Å². The molecule has 0 fully saturated rings. The van der Waals surface area contributed by atoms with E-state index in [2.05, 4.69) is 14.9 Å². The smallest absolute Gasteiger partial charge is 0.325 e. The molecule has 2 aromatic carbocycles. The van der Waals surface area contributed by atoms with Crippen LogP contribution in [0.4, 0.5) is 4.39 Å². The van der Waals surface area contributed by atoms with Crippen LogP contribution >= 0.6 is 0 Å². The number of aliphatic hydroxyl groups excluding tert-OH is 1. The molecule has 2 aromatic rings. The number of rotatable bonds is 7. The van der Waals surface area contributed by atoms with Crippen LogP contribution in [0.1, 0.15) is 25.0 Å². The van der Waals surface area contributed by atoms with Gasteiger partial charge in [0.25, 0.3) is 0 Å². The van der Waals surface area contributed by atoms with E-state index in [1.807, 2.05) is 0 Å². The summed E-state index contributed by atoms with van der Waals surface area (Å²) in [4.78, 5) is 23.5. The lowest BCUT2D eigenvalue weighted by molar-refractivity contribution is -0.172. The molecule has 1 N–H and O–H groups in total. The summed E-state index contributed by atoms with van der Waals surface area (Å²) in [6, 6.07) is 12.2. The molecule has 0 amide bonds. The molecule has 0 aliphatic heterocycles. The first-order valence-corrected chi connectivity index (χ1v) is 8.37. The molecule has 2 unspecified atom stereocenters. The van der Waals surface area contributed by atoms with E-state index in [9.17, 15) is 14.0 Å². The fraction of sp³-hybridized carbons (Fsp3) is 0.200. The van der Waals surface area contributed by atoms with E-state index in [1.54, 1.807) is 24.3 Å². The average molecular weight is 386 g/mol. The zero-order valence-electron chi connectivity index (χ0n) is 15.3. The van der Waals surface area contributed by atoms with Crippen molar-refractivity contribution in [3.63, 3.8) is 0 Å². The minimum atomic E-state index is -1.30. The number of hydrogen-bond donors (Lipinski definition) is 1. The molecule has 8 heteroatoms. The fourth-order valence-corrected chi connectivity index (χ4v) is 1.94. The Labute approximate surface area is 161 Å². The van der Waals surface area contributed by atoms with Crippen molar-refractivity contribution in [3.05, 3.63) is 65.5 Å². The molecule has 2 atom stereocenters.